The van der Waals surface area contributed by atoms with E-state index in [1.54, 1.807) is 13.0 Å². The zero-order chi connectivity index (χ0) is 24.4. The van der Waals surface area contributed by atoms with E-state index in [1.165, 1.54) is 0 Å². The van der Waals surface area contributed by atoms with Gasteiger partial charge in [0.1, 0.15) is 29.4 Å². The molecule has 35 heavy (non-hydrogen) atoms. The van der Waals surface area contributed by atoms with Crippen LogP contribution in [0.25, 0.3) is 0 Å². The quantitative estimate of drug-likeness (QED) is 0.551. The van der Waals surface area contributed by atoms with Gasteiger partial charge in [0, 0.05) is 25.1 Å². The fraction of sp³-hybridized carbons (Fsp3) is 0.458. The first-order valence-electron chi connectivity index (χ1n) is 11.6. The van der Waals surface area contributed by atoms with Crippen molar-refractivity contribution in [2.75, 3.05) is 25.1 Å². The van der Waals surface area contributed by atoms with Gasteiger partial charge in [-0.05, 0) is 36.6 Å². The van der Waals surface area contributed by atoms with Crippen LogP contribution in [0.2, 0.25) is 0 Å². The number of carbonyl (C=O) groups is 2. The molecule has 0 radical (unpaired) electrons. The fourth-order valence-corrected chi connectivity index (χ4v) is 4.26. The van der Waals surface area contributed by atoms with E-state index in [0.717, 1.165) is 16.8 Å². The predicted molar refractivity (Wildman–Crippen MR) is 124 cm³/mol. The van der Waals surface area contributed by atoms with Gasteiger partial charge >= 0.3 is 0 Å². The molecule has 11 heteroatoms. The molecule has 4 heterocycles. The van der Waals surface area contributed by atoms with Gasteiger partial charge in [-0.3, -0.25) is 9.59 Å². The number of amides is 2. The molecule has 5 rings (SSSR count). The minimum Gasteiger partial charge on any atom is -0.394 e. The van der Waals surface area contributed by atoms with Crippen LogP contribution in [0.5, 0.6) is 0 Å². The first kappa shape index (κ1) is 23.3. The van der Waals surface area contributed by atoms with Crippen molar-refractivity contribution in [3.05, 3.63) is 52.6 Å². The Morgan fingerprint density at radius 3 is 2.86 bits per heavy atom. The van der Waals surface area contributed by atoms with Crippen molar-refractivity contribution in [2.24, 2.45) is 5.16 Å². The summed E-state index contributed by atoms with van der Waals surface area (Å²) >= 11 is 0. The lowest BCUT2D eigenvalue weighted by Gasteiger charge is -2.30. The molecule has 2 aromatic rings. The highest BCUT2D eigenvalue weighted by atomic mass is 16.7. The number of nitrogens with one attached hydrogen (secondary N) is 2. The van der Waals surface area contributed by atoms with E-state index in [-0.39, 0.29) is 42.4 Å². The molecule has 184 valence electrons. The Balaban J connectivity index is 1.21. The summed E-state index contributed by atoms with van der Waals surface area (Å²) in [6.07, 6.45) is 0.706. The third kappa shape index (κ3) is 5.31. The highest BCUT2D eigenvalue weighted by molar-refractivity contribution is 6.02. The molecule has 1 fully saturated rings. The fourth-order valence-electron chi connectivity index (χ4n) is 4.26. The smallest absolute Gasteiger partial charge is 0.270 e. The second-order valence-corrected chi connectivity index (χ2v) is 8.80. The third-order valence-electron chi connectivity index (χ3n) is 6.19. The molecule has 2 amide bonds. The molecule has 11 nitrogen and oxygen atoms in total. The van der Waals surface area contributed by atoms with Crippen LogP contribution in [0, 0.1) is 6.92 Å². The maximum absolute atomic E-state index is 12.8. The monoisotopic (exact) mass is 481 g/mol. The van der Waals surface area contributed by atoms with E-state index in [1.807, 2.05) is 18.2 Å². The molecular formula is C24H27N5O6. The van der Waals surface area contributed by atoms with Gasteiger partial charge in [-0.2, -0.15) is 0 Å². The summed E-state index contributed by atoms with van der Waals surface area (Å²) in [4.78, 5) is 38.8. The largest absolute Gasteiger partial charge is 0.394 e. The number of nitrogens with zero attached hydrogens (tertiary/aromatic N) is 3. The first-order chi connectivity index (χ1) is 17.0. The van der Waals surface area contributed by atoms with E-state index in [9.17, 15) is 9.59 Å². The van der Waals surface area contributed by atoms with Gasteiger partial charge in [-0.1, -0.05) is 17.3 Å². The SMILES string of the molecule is Cc1nc(C(=O)NCc2ccc3c(c2)NC(=O)CC3)cc(C2=NOC(C3COC(CO)CO3)C2)n1. The number of aryl methyl sites for hydroxylation is 2. The number of fused-ring (bicyclic) bond motifs is 1. The van der Waals surface area contributed by atoms with Crippen LogP contribution in [0.3, 0.4) is 0 Å². The van der Waals surface area contributed by atoms with E-state index in [4.69, 9.17) is 19.4 Å². The number of carbonyl (C=O) groups excluding carboxylic acids is 2. The molecule has 3 unspecified atom stereocenters. The third-order valence-corrected chi connectivity index (χ3v) is 6.19. The summed E-state index contributed by atoms with van der Waals surface area (Å²) < 4.78 is 11.3. The van der Waals surface area contributed by atoms with Crippen LogP contribution in [-0.2, 0) is 32.1 Å². The number of anilines is 1. The highest BCUT2D eigenvalue weighted by Crippen LogP contribution is 2.25. The molecule has 3 N–H and O–H groups in total. The summed E-state index contributed by atoms with van der Waals surface area (Å²) in [6, 6.07) is 7.40. The molecule has 3 atom stereocenters. The topological polar surface area (TPSA) is 144 Å². The minimum atomic E-state index is -0.339. The molecule has 0 saturated carbocycles. The Hall–Kier alpha value is -3.41. The van der Waals surface area contributed by atoms with E-state index >= 15 is 0 Å². The Bertz CT molecular complexity index is 1160. The lowest BCUT2D eigenvalue weighted by Crippen LogP contribution is -2.43. The number of ether oxygens (including phenoxy) is 2. The molecule has 1 aromatic carbocycles. The van der Waals surface area contributed by atoms with Gasteiger partial charge in [-0.15, -0.1) is 0 Å². The molecule has 0 aliphatic carbocycles. The van der Waals surface area contributed by atoms with Gasteiger partial charge in [0.25, 0.3) is 5.91 Å². The predicted octanol–water partition coefficient (Wildman–Crippen LogP) is 0.869. The Kier molecular flexibility index (Phi) is 6.71. The highest BCUT2D eigenvalue weighted by Gasteiger charge is 2.35. The number of aromatic nitrogens is 2. The normalized spacial score (nSPS) is 23.7. The molecule has 1 aromatic heterocycles. The maximum Gasteiger partial charge on any atom is 0.270 e. The maximum atomic E-state index is 12.8. The lowest BCUT2D eigenvalue weighted by atomic mass is 10.0. The number of aliphatic hydroxyl groups excluding tert-OH is 1. The standard InChI is InChI=1S/C24H27N5O6/c1-13-26-18(19-8-21(35-29-19)22-12-33-16(10-30)11-34-22)7-20(27-13)24(32)25-9-14-2-3-15-4-5-23(31)28-17(15)6-14/h2-3,6-7,16,21-22,30H,4-5,8-12H2,1H3,(H,25,32)(H,28,31). The van der Waals surface area contributed by atoms with Crippen molar-refractivity contribution in [3.63, 3.8) is 0 Å². The van der Waals surface area contributed by atoms with Crippen LogP contribution >= 0.6 is 0 Å². The summed E-state index contributed by atoms with van der Waals surface area (Å²) in [5.41, 5.74) is 4.11. The average Bonchev–Trinajstić information content (AvgIpc) is 3.37. The number of hydrogen-bond acceptors (Lipinski definition) is 9. The Labute approximate surface area is 201 Å². The molecular weight excluding hydrogens is 454 g/mol. The van der Waals surface area contributed by atoms with Gasteiger partial charge in [-0.25, -0.2) is 9.97 Å². The molecule has 0 spiro atoms. The van der Waals surface area contributed by atoms with Crippen LogP contribution in [0.4, 0.5) is 5.69 Å². The first-order valence-corrected chi connectivity index (χ1v) is 11.6. The van der Waals surface area contributed by atoms with Crippen LogP contribution in [0.15, 0.2) is 29.4 Å². The summed E-state index contributed by atoms with van der Waals surface area (Å²) in [5.74, 6) is 0.104. The zero-order valence-electron chi connectivity index (χ0n) is 19.3. The van der Waals surface area contributed by atoms with Gasteiger partial charge in [0.05, 0.1) is 25.5 Å². The number of hydrogen-bond donors (Lipinski definition) is 3. The van der Waals surface area contributed by atoms with Crippen LogP contribution in [0.1, 0.15) is 46.0 Å². The molecule has 3 aliphatic rings. The Morgan fingerprint density at radius 1 is 1.17 bits per heavy atom. The van der Waals surface area contributed by atoms with Gasteiger partial charge in [0.2, 0.25) is 5.91 Å². The lowest BCUT2D eigenvalue weighted by molar-refractivity contribution is -0.178. The molecule has 1 saturated heterocycles. The van der Waals surface area contributed by atoms with Crippen molar-refractivity contribution < 1.29 is 29.0 Å². The van der Waals surface area contributed by atoms with Crippen molar-refractivity contribution in [1.29, 1.82) is 0 Å². The van der Waals surface area contributed by atoms with Gasteiger partial charge in [0.15, 0.2) is 6.10 Å². The molecule has 0 bridgehead atoms. The van der Waals surface area contributed by atoms with Crippen LogP contribution < -0.4 is 10.6 Å². The summed E-state index contributed by atoms with van der Waals surface area (Å²) in [7, 11) is 0. The number of benzene rings is 1. The van der Waals surface area contributed by atoms with Crippen molar-refractivity contribution in [1.82, 2.24) is 15.3 Å². The minimum absolute atomic E-state index is 0.000603. The average molecular weight is 482 g/mol. The van der Waals surface area contributed by atoms with Gasteiger partial charge < -0.3 is 30.1 Å². The number of oxime groups is 1. The summed E-state index contributed by atoms with van der Waals surface area (Å²) in [5, 5.41) is 19.1. The van der Waals surface area contributed by atoms with E-state index < -0.39 is 0 Å². The van der Waals surface area contributed by atoms with Crippen molar-refractivity contribution in [3.8, 4) is 0 Å². The second-order valence-electron chi connectivity index (χ2n) is 8.80. The van der Waals surface area contributed by atoms with E-state index in [2.05, 4.69) is 25.8 Å². The summed E-state index contributed by atoms with van der Waals surface area (Å²) in [6.45, 7) is 2.52. The van der Waals surface area contributed by atoms with E-state index in [0.29, 0.717) is 56.3 Å². The molecule has 3 aliphatic heterocycles. The van der Waals surface area contributed by atoms with Crippen LogP contribution in [-0.4, -0.2) is 70.7 Å². The van der Waals surface area contributed by atoms with Crippen molar-refractivity contribution in [2.45, 2.75) is 51.0 Å². The second kappa shape index (κ2) is 10.1. The number of rotatable bonds is 6. The van der Waals surface area contributed by atoms with Crippen molar-refractivity contribution >= 4 is 23.2 Å². The zero-order valence-corrected chi connectivity index (χ0v) is 19.3. The number of aliphatic hydroxyl groups is 1. The Morgan fingerprint density at radius 2 is 2.06 bits per heavy atom.